The molecule has 0 radical (unpaired) electrons. The minimum absolute atomic E-state index is 0.171. The molecule has 2 amide bonds. The molecule has 0 bridgehead atoms. The zero-order valence-electron chi connectivity index (χ0n) is 15.6. The van der Waals surface area contributed by atoms with Crippen LogP contribution >= 0.6 is 0 Å². The summed E-state index contributed by atoms with van der Waals surface area (Å²) >= 11 is 0. The van der Waals surface area contributed by atoms with Crippen LogP contribution in [0.15, 0.2) is 42.5 Å². The maximum atomic E-state index is 13.0. The number of nitrogens with one attached hydrogen (secondary N) is 2. The van der Waals surface area contributed by atoms with E-state index in [2.05, 4.69) is 10.6 Å². The van der Waals surface area contributed by atoms with Crippen molar-refractivity contribution in [3.05, 3.63) is 59.4 Å². The predicted octanol–water partition coefficient (Wildman–Crippen LogP) is 4.18. The van der Waals surface area contributed by atoms with Crippen LogP contribution in [0.5, 0.6) is 11.5 Å². The summed E-state index contributed by atoms with van der Waals surface area (Å²) in [6.45, 7) is 5.69. The van der Waals surface area contributed by atoms with Crippen LogP contribution in [0, 0.1) is 11.7 Å². The molecule has 0 aliphatic carbocycles. The highest BCUT2D eigenvalue weighted by molar-refractivity contribution is 5.74. The summed E-state index contributed by atoms with van der Waals surface area (Å²) in [5.74, 6) is 1.34. The number of rotatable bonds is 5. The second-order valence-electron chi connectivity index (χ2n) is 6.93. The van der Waals surface area contributed by atoms with Gasteiger partial charge < -0.3 is 20.1 Å². The highest BCUT2D eigenvalue weighted by atomic mass is 19.1. The van der Waals surface area contributed by atoms with Gasteiger partial charge in [0.2, 0.25) is 0 Å². The van der Waals surface area contributed by atoms with Gasteiger partial charge in [0.1, 0.15) is 5.82 Å². The van der Waals surface area contributed by atoms with Crippen LogP contribution in [-0.2, 0) is 6.54 Å². The number of urea groups is 1. The van der Waals surface area contributed by atoms with Crippen LogP contribution in [0.3, 0.4) is 0 Å². The van der Waals surface area contributed by atoms with E-state index in [1.807, 2.05) is 32.0 Å². The lowest BCUT2D eigenvalue weighted by molar-refractivity contribution is 0.232. The predicted molar refractivity (Wildman–Crippen MR) is 101 cm³/mol. The number of halogens is 1. The van der Waals surface area contributed by atoms with Gasteiger partial charge in [0.05, 0.1) is 19.3 Å². The fraction of sp³-hybridized carbons (Fsp3) is 0.381. The molecule has 2 aromatic rings. The van der Waals surface area contributed by atoms with Gasteiger partial charge in [0, 0.05) is 13.0 Å². The SMILES string of the molecule is CC(C)[C@H](NC(=O)NCc1ccc(F)cc1)c1ccc2c(c1)OCCCO2. The van der Waals surface area contributed by atoms with Gasteiger partial charge in [-0.05, 0) is 41.3 Å². The number of ether oxygens (including phenoxy) is 2. The largest absolute Gasteiger partial charge is 0.490 e. The van der Waals surface area contributed by atoms with Crippen molar-refractivity contribution in [2.45, 2.75) is 32.9 Å². The van der Waals surface area contributed by atoms with Gasteiger partial charge >= 0.3 is 6.03 Å². The smallest absolute Gasteiger partial charge is 0.315 e. The molecule has 0 unspecified atom stereocenters. The Labute approximate surface area is 158 Å². The maximum absolute atomic E-state index is 13.0. The van der Waals surface area contributed by atoms with Gasteiger partial charge in [-0.3, -0.25) is 0 Å². The molecule has 0 fully saturated rings. The van der Waals surface area contributed by atoms with E-state index in [1.54, 1.807) is 12.1 Å². The Hall–Kier alpha value is -2.76. The number of hydrogen-bond donors (Lipinski definition) is 2. The zero-order valence-corrected chi connectivity index (χ0v) is 15.6. The number of amides is 2. The Morgan fingerprint density at radius 3 is 2.48 bits per heavy atom. The van der Waals surface area contributed by atoms with Crippen LogP contribution in [-0.4, -0.2) is 19.2 Å². The first kappa shape index (κ1) is 19.0. The van der Waals surface area contributed by atoms with Gasteiger partial charge in [0.15, 0.2) is 11.5 Å². The second-order valence-corrected chi connectivity index (χ2v) is 6.93. The molecule has 1 heterocycles. The molecular weight excluding hydrogens is 347 g/mol. The average Bonchev–Trinajstić information content (AvgIpc) is 2.90. The third-order valence-corrected chi connectivity index (χ3v) is 4.45. The molecule has 6 heteroatoms. The monoisotopic (exact) mass is 372 g/mol. The van der Waals surface area contributed by atoms with Crippen LogP contribution in [0.25, 0.3) is 0 Å². The topological polar surface area (TPSA) is 59.6 Å². The molecule has 2 N–H and O–H groups in total. The van der Waals surface area contributed by atoms with Crippen LogP contribution in [0.4, 0.5) is 9.18 Å². The van der Waals surface area contributed by atoms with Crippen molar-refractivity contribution in [1.29, 1.82) is 0 Å². The third kappa shape index (κ3) is 5.12. The summed E-state index contributed by atoms with van der Waals surface area (Å²) in [5.41, 5.74) is 1.80. The molecule has 1 aliphatic rings. The molecule has 1 aliphatic heterocycles. The summed E-state index contributed by atoms with van der Waals surface area (Å²) in [6, 6.07) is 11.4. The highest BCUT2D eigenvalue weighted by Crippen LogP contribution is 2.34. The zero-order chi connectivity index (χ0) is 19.2. The molecule has 0 spiro atoms. The van der Waals surface area contributed by atoms with E-state index in [9.17, 15) is 9.18 Å². The normalized spacial score (nSPS) is 14.4. The van der Waals surface area contributed by atoms with E-state index < -0.39 is 0 Å². The lowest BCUT2D eigenvalue weighted by Crippen LogP contribution is -2.39. The van der Waals surface area contributed by atoms with Crippen molar-refractivity contribution in [3.8, 4) is 11.5 Å². The first-order chi connectivity index (χ1) is 13.0. The van der Waals surface area contributed by atoms with Crippen molar-refractivity contribution in [2.24, 2.45) is 5.92 Å². The molecule has 0 saturated heterocycles. The van der Waals surface area contributed by atoms with E-state index in [0.29, 0.717) is 25.5 Å². The second kappa shape index (κ2) is 8.75. The van der Waals surface area contributed by atoms with Crippen molar-refractivity contribution < 1.29 is 18.7 Å². The minimum Gasteiger partial charge on any atom is -0.490 e. The van der Waals surface area contributed by atoms with Gasteiger partial charge in [-0.25, -0.2) is 9.18 Å². The van der Waals surface area contributed by atoms with Gasteiger partial charge in [-0.1, -0.05) is 32.0 Å². The highest BCUT2D eigenvalue weighted by Gasteiger charge is 2.21. The van der Waals surface area contributed by atoms with E-state index in [4.69, 9.17) is 9.47 Å². The van der Waals surface area contributed by atoms with E-state index in [1.165, 1.54) is 12.1 Å². The fourth-order valence-corrected chi connectivity index (χ4v) is 2.99. The quantitative estimate of drug-likeness (QED) is 0.828. The molecule has 2 aromatic carbocycles. The lowest BCUT2D eigenvalue weighted by Gasteiger charge is -2.24. The number of carbonyl (C=O) groups excluding carboxylic acids is 1. The Balaban J connectivity index is 1.65. The summed E-state index contributed by atoms with van der Waals surface area (Å²) in [6.07, 6.45) is 0.849. The van der Waals surface area contributed by atoms with Crippen molar-refractivity contribution >= 4 is 6.03 Å². The van der Waals surface area contributed by atoms with Crippen LogP contribution < -0.4 is 20.1 Å². The first-order valence-electron chi connectivity index (χ1n) is 9.21. The number of carbonyl (C=O) groups is 1. The first-order valence-corrected chi connectivity index (χ1v) is 9.21. The maximum Gasteiger partial charge on any atom is 0.315 e. The third-order valence-electron chi connectivity index (χ3n) is 4.45. The van der Waals surface area contributed by atoms with Crippen molar-refractivity contribution in [3.63, 3.8) is 0 Å². The Bertz CT molecular complexity index is 777. The molecule has 1 atom stereocenters. The van der Waals surface area contributed by atoms with Crippen molar-refractivity contribution in [1.82, 2.24) is 10.6 Å². The number of hydrogen-bond acceptors (Lipinski definition) is 3. The fourth-order valence-electron chi connectivity index (χ4n) is 2.99. The van der Waals surface area contributed by atoms with E-state index in [-0.39, 0.29) is 23.8 Å². The van der Waals surface area contributed by atoms with Crippen molar-refractivity contribution in [2.75, 3.05) is 13.2 Å². The Kier molecular flexibility index (Phi) is 6.16. The minimum atomic E-state index is -0.294. The molecule has 0 saturated carbocycles. The van der Waals surface area contributed by atoms with E-state index >= 15 is 0 Å². The van der Waals surface area contributed by atoms with Gasteiger partial charge in [-0.15, -0.1) is 0 Å². The number of benzene rings is 2. The summed E-state index contributed by atoms with van der Waals surface area (Å²) in [7, 11) is 0. The Morgan fingerprint density at radius 1 is 1.07 bits per heavy atom. The molecule has 144 valence electrons. The molecular formula is C21H25FN2O3. The summed E-state index contributed by atoms with van der Waals surface area (Å²) < 4.78 is 24.4. The van der Waals surface area contributed by atoms with Crippen LogP contribution in [0.2, 0.25) is 0 Å². The Morgan fingerprint density at radius 2 is 1.78 bits per heavy atom. The number of fused-ring (bicyclic) bond motifs is 1. The average molecular weight is 372 g/mol. The lowest BCUT2D eigenvalue weighted by atomic mass is 9.96. The van der Waals surface area contributed by atoms with E-state index in [0.717, 1.165) is 23.3 Å². The molecule has 5 nitrogen and oxygen atoms in total. The molecule has 0 aromatic heterocycles. The summed E-state index contributed by atoms with van der Waals surface area (Å²) in [4.78, 5) is 12.4. The standard InChI is InChI=1S/C21H25FN2O3/c1-14(2)20(16-6-9-18-19(12-16)27-11-3-10-26-18)24-21(25)23-13-15-4-7-17(22)8-5-15/h4-9,12,14,20H,3,10-11,13H2,1-2H3,(H2,23,24,25)/t20-/m0/s1. The summed E-state index contributed by atoms with van der Waals surface area (Å²) in [5, 5.41) is 5.83. The van der Waals surface area contributed by atoms with Gasteiger partial charge in [-0.2, -0.15) is 0 Å². The van der Waals surface area contributed by atoms with Gasteiger partial charge in [0.25, 0.3) is 0 Å². The molecule has 3 rings (SSSR count). The van der Waals surface area contributed by atoms with Crippen LogP contribution in [0.1, 0.15) is 37.4 Å². The molecule has 27 heavy (non-hydrogen) atoms.